The van der Waals surface area contributed by atoms with Gasteiger partial charge in [0.15, 0.2) is 0 Å². The molecule has 0 aliphatic heterocycles. The lowest BCUT2D eigenvalue weighted by Crippen LogP contribution is -2.29. The molecule has 2 N–H and O–H groups in total. The summed E-state index contributed by atoms with van der Waals surface area (Å²) in [4.78, 5) is 11.4. The molecule has 2 aromatic carbocycles. The van der Waals surface area contributed by atoms with Gasteiger partial charge in [0.1, 0.15) is 0 Å². The number of aryl methyl sites for hydroxylation is 2. The Hall–Kier alpha value is -2.13. The van der Waals surface area contributed by atoms with Gasteiger partial charge in [-0.3, -0.25) is 4.79 Å². The molecular formula is C19H22O3. The molecule has 116 valence electrons. The van der Waals surface area contributed by atoms with Crippen molar-refractivity contribution in [2.45, 2.75) is 31.8 Å². The summed E-state index contributed by atoms with van der Waals surface area (Å²) in [6.07, 6.45) is 1.46. The second-order valence-corrected chi connectivity index (χ2v) is 5.56. The summed E-state index contributed by atoms with van der Waals surface area (Å²) < 4.78 is 0. The molecule has 0 unspecified atom stereocenters. The summed E-state index contributed by atoms with van der Waals surface area (Å²) in [6, 6.07) is 19.6. The quantitative estimate of drug-likeness (QED) is 0.786. The van der Waals surface area contributed by atoms with Gasteiger partial charge >= 0.3 is 5.97 Å². The van der Waals surface area contributed by atoms with Crippen LogP contribution in [0.2, 0.25) is 0 Å². The van der Waals surface area contributed by atoms with Gasteiger partial charge in [0.2, 0.25) is 0 Å². The Labute approximate surface area is 131 Å². The van der Waals surface area contributed by atoms with Crippen LogP contribution in [0.25, 0.3) is 0 Å². The molecule has 2 rings (SSSR count). The number of benzene rings is 2. The first-order valence-corrected chi connectivity index (χ1v) is 7.65. The predicted octanol–water partition coefficient (Wildman–Crippen LogP) is 3.31. The molecule has 0 fully saturated rings. The van der Waals surface area contributed by atoms with E-state index in [0.717, 1.165) is 11.1 Å². The van der Waals surface area contributed by atoms with E-state index in [1.807, 2.05) is 60.7 Å². The van der Waals surface area contributed by atoms with Gasteiger partial charge in [0, 0.05) is 0 Å². The van der Waals surface area contributed by atoms with Crippen molar-refractivity contribution in [2.75, 3.05) is 0 Å². The number of aliphatic carboxylic acids is 1. The first-order chi connectivity index (χ1) is 10.7. The number of hydrogen-bond donors (Lipinski definition) is 2. The molecule has 0 radical (unpaired) electrons. The van der Waals surface area contributed by atoms with Gasteiger partial charge in [-0.2, -0.15) is 0 Å². The van der Waals surface area contributed by atoms with Crippen LogP contribution in [0.3, 0.4) is 0 Å². The van der Waals surface area contributed by atoms with Gasteiger partial charge in [0.05, 0.1) is 12.0 Å². The molecule has 0 spiro atoms. The molecule has 0 heterocycles. The van der Waals surface area contributed by atoms with E-state index in [-0.39, 0.29) is 0 Å². The number of aliphatic hydroxyl groups excluding tert-OH is 1. The van der Waals surface area contributed by atoms with Crippen LogP contribution in [0.5, 0.6) is 0 Å². The van der Waals surface area contributed by atoms with E-state index < -0.39 is 18.0 Å². The first kappa shape index (κ1) is 16.2. The van der Waals surface area contributed by atoms with E-state index in [0.29, 0.717) is 25.7 Å². The maximum atomic E-state index is 11.4. The van der Waals surface area contributed by atoms with Crippen molar-refractivity contribution in [1.82, 2.24) is 0 Å². The molecule has 0 saturated heterocycles. The van der Waals surface area contributed by atoms with Crippen LogP contribution in [-0.2, 0) is 17.6 Å². The minimum atomic E-state index is -0.920. The average Bonchev–Trinajstić information content (AvgIpc) is 2.55. The lowest BCUT2D eigenvalue weighted by Gasteiger charge is -2.19. The molecule has 2 aromatic rings. The van der Waals surface area contributed by atoms with E-state index in [1.165, 1.54) is 0 Å². The zero-order valence-corrected chi connectivity index (χ0v) is 12.6. The standard InChI is InChI=1S/C19H22O3/c20-18(14-12-16-9-5-2-6-10-16)17(19(21)22)13-11-15-7-3-1-4-8-15/h1-10,17-18,20H,11-14H2,(H,21,22)/t17-,18-/m1/s1. The second kappa shape index (κ2) is 8.35. The van der Waals surface area contributed by atoms with E-state index in [4.69, 9.17) is 0 Å². The second-order valence-electron chi connectivity index (χ2n) is 5.56. The molecular weight excluding hydrogens is 276 g/mol. The summed E-state index contributed by atoms with van der Waals surface area (Å²) in [5, 5.41) is 19.6. The highest BCUT2D eigenvalue weighted by Gasteiger charge is 2.25. The molecule has 0 aliphatic carbocycles. The fourth-order valence-electron chi connectivity index (χ4n) is 2.61. The van der Waals surface area contributed by atoms with Gasteiger partial charge in [-0.15, -0.1) is 0 Å². The van der Waals surface area contributed by atoms with Crippen LogP contribution in [0.1, 0.15) is 24.0 Å². The third kappa shape index (κ3) is 5.01. The minimum absolute atomic E-state index is 0.454. The van der Waals surface area contributed by atoms with E-state index in [2.05, 4.69) is 0 Å². The molecule has 3 heteroatoms. The van der Waals surface area contributed by atoms with Crippen molar-refractivity contribution in [3.63, 3.8) is 0 Å². The Morgan fingerprint density at radius 2 is 1.27 bits per heavy atom. The summed E-state index contributed by atoms with van der Waals surface area (Å²) in [5.74, 6) is -1.64. The maximum Gasteiger partial charge on any atom is 0.309 e. The van der Waals surface area contributed by atoms with E-state index in [9.17, 15) is 15.0 Å². The van der Waals surface area contributed by atoms with Gasteiger partial charge in [0.25, 0.3) is 0 Å². The van der Waals surface area contributed by atoms with Gasteiger partial charge in [-0.05, 0) is 36.8 Å². The molecule has 2 atom stereocenters. The molecule has 0 aromatic heterocycles. The molecule has 0 aliphatic rings. The van der Waals surface area contributed by atoms with Crippen LogP contribution < -0.4 is 0 Å². The van der Waals surface area contributed by atoms with Crippen molar-refractivity contribution in [2.24, 2.45) is 5.92 Å². The largest absolute Gasteiger partial charge is 0.481 e. The predicted molar refractivity (Wildman–Crippen MR) is 86.7 cm³/mol. The van der Waals surface area contributed by atoms with Crippen LogP contribution >= 0.6 is 0 Å². The lowest BCUT2D eigenvalue weighted by atomic mass is 9.91. The van der Waals surface area contributed by atoms with Gasteiger partial charge in [-0.1, -0.05) is 60.7 Å². The van der Waals surface area contributed by atoms with Gasteiger partial charge in [-0.25, -0.2) is 0 Å². The fraction of sp³-hybridized carbons (Fsp3) is 0.316. The maximum absolute atomic E-state index is 11.4. The third-order valence-corrected chi connectivity index (χ3v) is 3.94. The average molecular weight is 298 g/mol. The Bertz CT molecular complexity index is 566. The Morgan fingerprint density at radius 3 is 1.73 bits per heavy atom. The van der Waals surface area contributed by atoms with Crippen molar-refractivity contribution >= 4 is 5.97 Å². The zero-order valence-electron chi connectivity index (χ0n) is 12.6. The summed E-state index contributed by atoms with van der Waals surface area (Å²) in [7, 11) is 0. The minimum Gasteiger partial charge on any atom is -0.481 e. The summed E-state index contributed by atoms with van der Waals surface area (Å²) >= 11 is 0. The molecule has 0 bridgehead atoms. The first-order valence-electron chi connectivity index (χ1n) is 7.65. The van der Waals surface area contributed by atoms with Crippen LogP contribution in [0, 0.1) is 5.92 Å². The number of carbonyl (C=O) groups is 1. The number of hydrogen-bond acceptors (Lipinski definition) is 2. The Morgan fingerprint density at radius 1 is 0.818 bits per heavy atom. The van der Waals surface area contributed by atoms with Crippen molar-refractivity contribution in [3.05, 3.63) is 71.8 Å². The SMILES string of the molecule is O=C(O)[C@H](CCc1ccccc1)[C@H](O)CCc1ccccc1. The topological polar surface area (TPSA) is 57.5 Å². The van der Waals surface area contributed by atoms with E-state index in [1.54, 1.807) is 0 Å². The van der Waals surface area contributed by atoms with Crippen molar-refractivity contribution < 1.29 is 15.0 Å². The Kier molecular flexibility index (Phi) is 6.16. The van der Waals surface area contributed by atoms with Crippen molar-refractivity contribution in [1.29, 1.82) is 0 Å². The number of rotatable bonds is 8. The molecule has 3 nitrogen and oxygen atoms in total. The highest BCUT2D eigenvalue weighted by atomic mass is 16.4. The lowest BCUT2D eigenvalue weighted by molar-refractivity contribution is -0.146. The van der Waals surface area contributed by atoms with Crippen LogP contribution in [0.15, 0.2) is 60.7 Å². The molecule has 22 heavy (non-hydrogen) atoms. The Balaban J connectivity index is 1.88. The van der Waals surface area contributed by atoms with Crippen LogP contribution in [-0.4, -0.2) is 22.3 Å². The third-order valence-electron chi connectivity index (χ3n) is 3.94. The van der Waals surface area contributed by atoms with E-state index >= 15 is 0 Å². The smallest absolute Gasteiger partial charge is 0.309 e. The van der Waals surface area contributed by atoms with Crippen LogP contribution in [0.4, 0.5) is 0 Å². The van der Waals surface area contributed by atoms with Crippen molar-refractivity contribution in [3.8, 4) is 0 Å². The van der Waals surface area contributed by atoms with Gasteiger partial charge < -0.3 is 10.2 Å². The summed E-state index contributed by atoms with van der Waals surface area (Å²) in [6.45, 7) is 0. The molecule has 0 amide bonds. The summed E-state index contributed by atoms with van der Waals surface area (Å²) in [5.41, 5.74) is 2.22. The highest BCUT2D eigenvalue weighted by Crippen LogP contribution is 2.18. The molecule has 0 saturated carbocycles. The zero-order chi connectivity index (χ0) is 15.8. The number of carboxylic acids is 1. The number of carboxylic acid groups (broad SMARTS) is 1. The fourth-order valence-corrected chi connectivity index (χ4v) is 2.61. The highest BCUT2D eigenvalue weighted by molar-refractivity contribution is 5.70. The monoisotopic (exact) mass is 298 g/mol. The normalized spacial score (nSPS) is 13.5. The number of aliphatic hydroxyl groups is 1.